The number of aryl methyl sites for hydroxylation is 2. The number of hydrogen-bond acceptors (Lipinski definition) is 22. The summed E-state index contributed by atoms with van der Waals surface area (Å²) in [5, 5.41) is 52.0. The monoisotopic (exact) mass is 1310 g/mol. The van der Waals surface area contributed by atoms with Gasteiger partial charge in [-0.1, -0.05) is 27.0 Å². The molecule has 4 aromatic carbocycles. The van der Waals surface area contributed by atoms with Crippen molar-refractivity contribution in [1.29, 1.82) is 10.5 Å². The molecule has 0 spiro atoms. The van der Waals surface area contributed by atoms with Gasteiger partial charge in [-0.2, -0.15) is 23.7 Å². The number of hydrogen-bond donors (Lipinski definition) is 6. The average Bonchev–Trinajstić information content (AvgIpc) is 0.886. The van der Waals surface area contributed by atoms with E-state index < -0.39 is 78.3 Å². The number of alkyl halides is 3. The first-order chi connectivity index (χ1) is 43.6. The van der Waals surface area contributed by atoms with Gasteiger partial charge >= 0.3 is 24.0 Å². The second-order valence-corrected chi connectivity index (χ2v) is 24.7. The standard InChI is InChI=1S/C33H36F3N5O8.C31H37N5O7.2CH4/c1-13-7-17-8-19-21(10-37)41-20(25(40(19)5)23(17)26(43)27(13)46-6)9-18-24(30-29(47-12-48-30)14(2)28(18)49-16(4)42)22(41)11-38-31(44)15(3)39-32(45)33(34,35)36;1-13-7-17-8-19-21(10-32)36-20(25(35(19)5)23(17)26(38)27(13)40-6)9-18-24(22(36)11-34-31(39)15(3)33)30-29(41-12-42-30)14(2)28(18)43-16(4)37;;/h7,15,19-22,25,43H,8-9,11-12H2,1-6H3,(H,38,44)(H,39,45);7,15,19-22,25,38H,8-9,11-12,33H2,1-6H3,(H,34,39);2*1H4/t2*15-,19-,20?,21-,22-,25-;;/m00../s1. The highest BCUT2D eigenvalue weighted by molar-refractivity contribution is 5.89. The number of ether oxygens (including phenoxy) is 8. The maximum Gasteiger partial charge on any atom is 0.471 e. The number of nitrogens with zero attached hydrogens (tertiary/aromatic N) is 6. The van der Waals surface area contributed by atoms with Gasteiger partial charge < -0.3 is 69.8 Å². The number of nitriles is 2. The molecule has 3 amide bonds. The quantitative estimate of drug-likeness (QED) is 0.0763. The van der Waals surface area contributed by atoms with Gasteiger partial charge in [0.05, 0.1) is 56.6 Å². The van der Waals surface area contributed by atoms with Crippen molar-refractivity contribution < 1.29 is 85.3 Å². The van der Waals surface area contributed by atoms with Crippen LogP contribution in [0.25, 0.3) is 0 Å². The molecule has 2 saturated heterocycles. The number of likely N-dealkylation sites (N-methyl/N-ethyl adjacent to an activating group) is 2. The Morgan fingerprint density at radius 1 is 0.638 bits per heavy atom. The smallest absolute Gasteiger partial charge is 0.471 e. The minimum absolute atomic E-state index is 0. The molecule has 0 saturated carbocycles. The molecule has 12 rings (SSSR count). The minimum atomic E-state index is -5.19. The summed E-state index contributed by atoms with van der Waals surface area (Å²) in [4.78, 5) is 70.6. The number of nitrogens with one attached hydrogen (secondary N) is 3. The first-order valence-electron chi connectivity index (χ1n) is 30.1. The average molecular weight is 1310 g/mol. The predicted molar refractivity (Wildman–Crippen MR) is 332 cm³/mol. The summed E-state index contributed by atoms with van der Waals surface area (Å²) in [6, 6.07) is 1.60. The van der Waals surface area contributed by atoms with Crippen molar-refractivity contribution in [2.75, 3.05) is 55.0 Å². The van der Waals surface area contributed by atoms with Crippen molar-refractivity contribution in [2.45, 2.75) is 175 Å². The van der Waals surface area contributed by atoms with Crippen molar-refractivity contribution in [3.63, 3.8) is 0 Å². The topological polar surface area (TPSA) is 322 Å². The largest absolute Gasteiger partial charge is 0.504 e. The van der Waals surface area contributed by atoms with E-state index in [-0.39, 0.29) is 95.3 Å². The number of aromatic hydroxyl groups is 2. The van der Waals surface area contributed by atoms with Crippen LogP contribution in [0.4, 0.5) is 13.2 Å². The van der Waals surface area contributed by atoms with Crippen LogP contribution in [0.5, 0.6) is 57.5 Å². The van der Waals surface area contributed by atoms with E-state index in [0.29, 0.717) is 92.9 Å². The summed E-state index contributed by atoms with van der Waals surface area (Å²) in [5.41, 5.74) is 14.3. The molecule has 28 heteroatoms. The van der Waals surface area contributed by atoms with Crippen molar-refractivity contribution in [3.8, 4) is 69.6 Å². The Labute approximate surface area is 543 Å². The molecule has 4 bridgehead atoms. The third kappa shape index (κ3) is 11.3. The highest BCUT2D eigenvalue weighted by Crippen LogP contribution is 2.61. The lowest BCUT2D eigenvalue weighted by atomic mass is 9.71. The van der Waals surface area contributed by atoms with Gasteiger partial charge in [0, 0.05) is 95.6 Å². The van der Waals surface area contributed by atoms with E-state index in [4.69, 9.17) is 43.6 Å². The Balaban J connectivity index is 0.000000218. The molecular weight excluding hydrogens is 1230 g/mol. The molecule has 506 valence electrons. The first-order valence-corrected chi connectivity index (χ1v) is 30.1. The Morgan fingerprint density at radius 2 is 1.02 bits per heavy atom. The van der Waals surface area contributed by atoms with Crippen LogP contribution in [0.15, 0.2) is 12.1 Å². The zero-order valence-electron chi connectivity index (χ0n) is 52.8. The minimum Gasteiger partial charge on any atom is -0.504 e. The number of rotatable bonds is 11. The molecule has 2 unspecified atom stereocenters. The number of esters is 2. The van der Waals surface area contributed by atoms with Gasteiger partial charge in [-0.05, 0) is 104 Å². The number of carbonyl (C=O) groups is 5. The zero-order chi connectivity index (χ0) is 66.6. The molecule has 0 aliphatic carbocycles. The number of phenolic OH excluding ortho intramolecular Hbond substituents is 2. The Morgan fingerprint density at radius 3 is 1.37 bits per heavy atom. The molecule has 25 nitrogen and oxygen atoms in total. The molecule has 7 N–H and O–H groups in total. The number of halogens is 3. The molecule has 0 radical (unpaired) electrons. The maximum absolute atomic E-state index is 13.2. The van der Waals surface area contributed by atoms with E-state index in [1.807, 2.05) is 56.8 Å². The third-order valence-corrected chi connectivity index (χ3v) is 19.4. The highest BCUT2D eigenvalue weighted by atomic mass is 19.4. The zero-order valence-corrected chi connectivity index (χ0v) is 52.8. The van der Waals surface area contributed by atoms with Gasteiger partial charge in [0.1, 0.15) is 29.6 Å². The summed E-state index contributed by atoms with van der Waals surface area (Å²) in [6.07, 6.45) is -3.65. The van der Waals surface area contributed by atoms with Crippen molar-refractivity contribution >= 4 is 29.7 Å². The van der Waals surface area contributed by atoms with Crippen LogP contribution in [0.2, 0.25) is 0 Å². The van der Waals surface area contributed by atoms with E-state index in [9.17, 15) is 57.9 Å². The molecule has 2 fully saturated rings. The number of methoxy groups -OCH3 is 2. The van der Waals surface area contributed by atoms with E-state index in [1.165, 1.54) is 28.1 Å². The van der Waals surface area contributed by atoms with Crippen LogP contribution in [-0.2, 0) is 49.7 Å². The highest BCUT2D eigenvalue weighted by Gasteiger charge is 2.59. The molecule has 4 aromatic rings. The number of fused-ring (bicyclic) bond motifs is 18. The summed E-state index contributed by atoms with van der Waals surface area (Å²) >= 11 is 0. The van der Waals surface area contributed by atoms with Gasteiger partial charge in [0.15, 0.2) is 46.0 Å². The predicted octanol–water partition coefficient (Wildman–Crippen LogP) is 5.80. The van der Waals surface area contributed by atoms with E-state index in [1.54, 1.807) is 19.2 Å². The third-order valence-electron chi connectivity index (χ3n) is 19.4. The Kier molecular flexibility index (Phi) is 19.4. The summed E-state index contributed by atoms with van der Waals surface area (Å²) in [5.74, 6) is -1.53. The second-order valence-electron chi connectivity index (χ2n) is 24.7. The Bertz CT molecular complexity index is 3850. The summed E-state index contributed by atoms with van der Waals surface area (Å²) < 4.78 is 85.3. The summed E-state index contributed by atoms with van der Waals surface area (Å²) in [6.45, 7) is 12.3. The lowest BCUT2D eigenvalue weighted by Gasteiger charge is -2.60. The number of benzene rings is 4. The molecular formula is C66H81F3N10O15. The van der Waals surface area contributed by atoms with E-state index >= 15 is 0 Å². The normalized spacial score (nSPS) is 24.6. The van der Waals surface area contributed by atoms with Crippen LogP contribution < -0.4 is 59.6 Å². The Hall–Kier alpha value is -8.80. The van der Waals surface area contributed by atoms with Gasteiger partial charge in [-0.3, -0.25) is 43.6 Å². The van der Waals surface area contributed by atoms with E-state index in [2.05, 4.69) is 32.6 Å². The number of amides is 3. The maximum atomic E-state index is 13.2. The fraction of sp³-hybridized carbons (Fsp3) is 0.530. The lowest BCUT2D eigenvalue weighted by molar-refractivity contribution is -0.174. The van der Waals surface area contributed by atoms with Gasteiger partial charge in [0.2, 0.25) is 25.4 Å². The van der Waals surface area contributed by atoms with Crippen molar-refractivity contribution in [3.05, 3.63) is 78.9 Å². The van der Waals surface area contributed by atoms with Crippen LogP contribution in [0.3, 0.4) is 0 Å². The number of nitrogens with two attached hydrogens (primary N) is 1. The fourth-order valence-electron chi connectivity index (χ4n) is 15.7. The van der Waals surface area contributed by atoms with Crippen molar-refractivity contribution in [1.82, 2.24) is 35.6 Å². The number of phenols is 2. The van der Waals surface area contributed by atoms with Gasteiger partial charge in [-0.15, -0.1) is 0 Å². The molecule has 8 aliphatic rings. The molecule has 12 atom stereocenters. The van der Waals surface area contributed by atoms with Gasteiger partial charge in [0.25, 0.3) is 0 Å². The molecule has 0 aromatic heterocycles. The van der Waals surface area contributed by atoms with Crippen LogP contribution in [0, 0.1) is 50.4 Å². The van der Waals surface area contributed by atoms with Crippen molar-refractivity contribution in [2.24, 2.45) is 5.73 Å². The van der Waals surface area contributed by atoms with E-state index in [0.717, 1.165) is 40.3 Å². The SMILES string of the molecule is C.C.COc1c(C)cc2c(c1O)[C@@H]1C3Cc4c(OC(C)=O)c(C)c5c(c4[C@H](CNC(=O)[C@H](C)N)N3[C@@H](C#N)[C@H](C2)N1C)OCO5.COc1c(C)cc2c(c1O)[C@@H]1C3Cc4c(OC(C)=O)c(C)c5c(c4[C@H](CNC(=O)[C@H](C)NC(=O)C(F)(F)F)N3[C@@H](C#N)[C@H](C2)N1C)OCO5. The first kappa shape index (κ1) is 69.5. The fourth-order valence-corrected chi connectivity index (χ4v) is 15.7. The number of piperazine rings is 2. The summed E-state index contributed by atoms with van der Waals surface area (Å²) in [7, 11) is 6.85. The van der Waals surface area contributed by atoms with Gasteiger partial charge in [-0.25, -0.2) is 0 Å². The molecule has 8 aliphatic heterocycles. The lowest BCUT2D eigenvalue weighted by Crippen LogP contribution is -2.69. The second kappa shape index (κ2) is 26.2. The molecule has 8 heterocycles. The van der Waals surface area contributed by atoms with Crippen LogP contribution >= 0.6 is 0 Å². The van der Waals surface area contributed by atoms with Crippen LogP contribution in [-0.4, -0.2) is 169 Å². The van der Waals surface area contributed by atoms with Crippen LogP contribution in [0.1, 0.15) is 133 Å². The molecule has 94 heavy (non-hydrogen) atoms. The number of carbonyl (C=O) groups excluding carboxylic acids is 5.